The number of anilines is 3. The van der Waals surface area contributed by atoms with Gasteiger partial charge in [-0.1, -0.05) is 12.1 Å². The van der Waals surface area contributed by atoms with Gasteiger partial charge < -0.3 is 24.8 Å². The number of aromatic nitrogens is 1. The maximum Gasteiger partial charge on any atom is 0.257 e. The van der Waals surface area contributed by atoms with Crippen LogP contribution in [0.25, 0.3) is 10.9 Å². The van der Waals surface area contributed by atoms with E-state index in [1.165, 1.54) is 12.1 Å². The summed E-state index contributed by atoms with van der Waals surface area (Å²) in [6.07, 6.45) is 1.66. The van der Waals surface area contributed by atoms with E-state index in [4.69, 9.17) is 14.2 Å². The van der Waals surface area contributed by atoms with Crippen LogP contribution in [0.5, 0.6) is 23.0 Å². The van der Waals surface area contributed by atoms with Crippen molar-refractivity contribution >= 4 is 33.9 Å². The van der Waals surface area contributed by atoms with Crippen molar-refractivity contribution in [3.63, 3.8) is 0 Å². The maximum absolute atomic E-state index is 13.2. The van der Waals surface area contributed by atoms with Crippen LogP contribution in [0.2, 0.25) is 0 Å². The van der Waals surface area contributed by atoms with E-state index in [9.17, 15) is 9.18 Å². The fourth-order valence-corrected chi connectivity index (χ4v) is 3.95. The number of nitrogens with one attached hydrogen (secondary N) is 2. The second kappa shape index (κ2) is 10.9. The molecule has 0 saturated heterocycles. The molecule has 0 fully saturated rings. The molecule has 5 rings (SSSR count). The molecule has 8 heteroatoms. The minimum absolute atomic E-state index is 0.287. The molecule has 1 aromatic heterocycles. The molecule has 0 radical (unpaired) electrons. The van der Waals surface area contributed by atoms with Crippen LogP contribution in [-0.2, 0) is 0 Å². The van der Waals surface area contributed by atoms with E-state index in [-0.39, 0.29) is 11.7 Å². The summed E-state index contributed by atoms with van der Waals surface area (Å²) >= 11 is 0. The van der Waals surface area contributed by atoms with Crippen molar-refractivity contribution in [1.29, 1.82) is 0 Å². The SMILES string of the molecule is COc1cc2nccc(Oc3ccc(NC(=O)c4ccccc4Nc4ccc(F)cc4)cc3)c2cc1OC. The first-order chi connectivity index (χ1) is 18.5. The highest BCUT2D eigenvalue weighted by Gasteiger charge is 2.13. The number of benzene rings is 4. The average Bonchev–Trinajstić information content (AvgIpc) is 2.95. The number of carbonyl (C=O) groups is 1. The predicted octanol–water partition coefficient (Wildman–Crippen LogP) is 7.18. The Morgan fingerprint density at radius 2 is 1.47 bits per heavy atom. The molecule has 0 saturated carbocycles. The van der Waals surface area contributed by atoms with Gasteiger partial charge in [0.15, 0.2) is 11.5 Å². The van der Waals surface area contributed by atoms with Gasteiger partial charge in [0.05, 0.1) is 31.0 Å². The van der Waals surface area contributed by atoms with Crippen molar-refractivity contribution in [2.45, 2.75) is 0 Å². The molecule has 0 aliphatic heterocycles. The van der Waals surface area contributed by atoms with E-state index in [0.29, 0.717) is 51.1 Å². The van der Waals surface area contributed by atoms with Crippen molar-refractivity contribution in [3.05, 3.63) is 109 Å². The number of pyridine rings is 1. The van der Waals surface area contributed by atoms with Gasteiger partial charge in [-0.2, -0.15) is 0 Å². The standard InChI is InChI=1S/C30H24FN3O4/c1-36-28-17-24-26(18-29(28)37-2)32-16-15-27(24)38-22-13-11-21(12-14-22)34-30(35)23-5-3-4-6-25(23)33-20-9-7-19(31)8-10-20/h3-18,33H,1-2H3,(H,34,35). The van der Waals surface area contributed by atoms with Crippen LogP contribution in [0.3, 0.4) is 0 Å². The van der Waals surface area contributed by atoms with Gasteiger partial charge in [0, 0.05) is 29.0 Å². The Morgan fingerprint density at radius 1 is 0.789 bits per heavy atom. The summed E-state index contributed by atoms with van der Waals surface area (Å²) in [7, 11) is 3.15. The molecule has 1 heterocycles. The summed E-state index contributed by atoms with van der Waals surface area (Å²) in [4.78, 5) is 17.4. The van der Waals surface area contributed by atoms with Crippen LogP contribution in [-0.4, -0.2) is 25.1 Å². The van der Waals surface area contributed by atoms with Crippen molar-refractivity contribution in [2.24, 2.45) is 0 Å². The third-order valence-corrected chi connectivity index (χ3v) is 5.84. The molecule has 4 aromatic carbocycles. The quantitative estimate of drug-likeness (QED) is 0.231. The van der Waals surface area contributed by atoms with E-state index in [0.717, 1.165) is 5.39 Å². The fourth-order valence-electron chi connectivity index (χ4n) is 3.95. The monoisotopic (exact) mass is 509 g/mol. The summed E-state index contributed by atoms with van der Waals surface area (Å²) in [6, 6.07) is 25.5. The highest BCUT2D eigenvalue weighted by Crippen LogP contribution is 2.37. The van der Waals surface area contributed by atoms with Crippen LogP contribution in [0.1, 0.15) is 10.4 Å². The number of hydrogen-bond acceptors (Lipinski definition) is 6. The Balaban J connectivity index is 1.31. The first-order valence-corrected chi connectivity index (χ1v) is 11.8. The van der Waals surface area contributed by atoms with Crippen LogP contribution in [0.15, 0.2) is 97.2 Å². The molecule has 0 bridgehead atoms. The van der Waals surface area contributed by atoms with Gasteiger partial charge in [-0.3, -0.25) is 9.78 Å². The van der Waals surface area contributed by atoms with Crippen LogP contribution in [0.4, 0.5) is 21.5 Å². The molecule has 38 heavy (non-hydrogen) atoms. The van der Waals surface area contributed by atoms with E-state index in [1.807, 2.05) is 12.1 Å². The highest BCUT2D eigenvalue weighted by molar-refractivity contribution is 6.08. The molecule has 0 spiro atoms. The maximum atomic E-state index is 13.2. The molecule has 7 nitrogen and oxygen atoms in total. The van der Waals surface area contributed by atoms with Crippen molar-refractivity contribution in [3.8, 4) is 23.0 Å². The third-order valence-electron chi connectivity index (χ3n) is 5.84. The molecule has 2 N–H and O–H groups in total. The van der Waals surface area contributed by atoms with Crippen molar-refractivity contribution < 1.29 is 23.4 Å². The molecule has 0 aliphatic carbocycles. The zero-order valence-electron chi connectivity index (χ0n) is 20.7. The predicted molar refractivity (Wildman–Crippen MR) is 145 cm³/mol. The molecular weight excluding hydrogens is 485 g/mol. The van der Waals surface area contributed by atoms with Crippen LogP contribution >= 0.6 is 0 Å². The fraction of sp³-hybridized carbons (Fsp3) is 0.0667. The van der Waals surface area contributed by atoms with Gasteiger partial charge in [0.1, 0.15) is 17.3 Å². The second-order valence-electron chi connectivity index (χ2n) is 8.29. The van der Waals surface area contributed by atoms with E-state index in [2.05, 4.69) is 15.6 Å². The topological polar surface area (TPSA) is 81.7 Å². The van der Waals surface area contributed by atoms with Crippen LogP contribution in [0, 0.1) is 5.82 Å². The van der Waals surface area contributed by atoms with Crippen molar-refractivity contribution in [2.75, 3.05) is 24.9 Å². The van der Waals surface area contributed by atoms with Gasteiger partial charge in [-0.15, -0.1) is 0 Å². The molecule has 0 aliphatic rings. The zero-order chi connectivity index (χ0) is 26.5. The first-order valence-electron chi connectivity index (χ1n) is 11.8. The van der Waals surface area contributed by atoms with E-state index >= 15 is 0 Å². The van der Waals surface area contributed by atoms with Crippen LogP contribution < -0.4 is 24.8 Å². The van der Waals surface area contributed by atoms with Gasteiger partial charge in [-0.05, 0) is 72.8 Å². The smallest absolute Gasteiger partial charge is 0.257 e. The Bertz CT molecular complexity index is 1590. The minimum Gasteiger partial charge on any atom is -0.493 e. The number of halogens is 1. The number of methoxy groups -OCH3 is 2. The number of para-hydroxylation sites is 1. The molecule has 0 atom stereocenters. The number of carbonyl (C=O) groups excluding carboxylic acids is 1. The lowest BCUT2D eigenvalue weighted by molar-refractivity contribution is 0.102. The summed E-state index contributed by atoms with van der Waals surface area (Å²) < 4.78 is 30.1. The van der Waals surface area contributed by atoms with Gasteiger partial charge in [0.25, 0.3) is 5.91 Å². The minimum atomic E-state index is -0.328. The average molecular weight is 510 g/mol. The Labute approximate surface area is 218 Å². The lowest BCUT2D eigenvalue weighted by atomic mass is 10.1. The summed E-state index contributed by atoms with van der Waals surface area (Å²) in [5, 5.41) is 6.84. The lowest BCUT2D eigenvalue weighted by Gasteiger charge is -2.14. The second-order valence-corrected chi connectivity index (χ2v) is 8.29. The summed E-state index contributed by atoms with van der Waals surface area (Å²) in [5.41, 5.74) is 3.03. The molecule has 5 aromatic rings. The molecule has 0 unspecified atom stereocenters. The number of nitrogens with zero attached hydrogens (tertiary/aromatic N) is 1. The highest BCUT2D eigenvalue weighted by atomic mass is 19.1. The van der Waals surface area contributed by atoms with Gasteiger partial charge in [-0.25, -0.2) is 4.39 Å². The Morgan fingerprint density at radius 3 is 2.21 bits per heavy atom. The zero-order valence-corrected chi connectivity index (χ0v) is 20.7. The molecule has 1 amide bonds. The van der Waals surface area contributed by atoms with Gasteiger partial charge in [0.2, 0.25) is 0 Å². The number of ether oxygens (including phenoxy) is 3. The first kappa shape index (κ1) is 24.6. The largest absolute Gasteiger partial charge is 0.493 e. The molecule has 190 valence electrons. The number of amides is 1. The third kappa shape index (κ3) is 5.34. The van der Waals surface area contributed by atoms with Crippen molar-refractivity contribution in [1.82, 2.24) is 4.98 Å². The number of hydrogen-bond donors (Lipinski definition) is 2. The molecular formula is C30H24FN3O4. The summed E-state index contributed by atoms with van der Waals surface area (Å²) in [5.74, 6) is 1.73. The summed E-state index contributed by atoms with van der Waals surface area (Å²) in [6.45, 7) is 0. The van der Waals surface area contributed by atoms with E-state index < -0.39 is 0 Å². The Kier molecular flexibility index (Phi) is 7.04. The van der Waals surface area contributed by atoms with E-state index in [1.54, 1.807) is 87.1 Å². The normalized spacial score (nSPS) is 10.6. The lowest BCUT2D eigenvalue weighted by Crippen LogP contribution is -2.13. The van der Waals surface area contributed by atoms with Gasteiger partial charge >= 0.3 is 0 Å². The number of rotatable bonds is 8. The number of fused-ring (bicyclic) bond motifs is 1. The Hall–Kier alpha value is -5.11.